The zero-order valence-electron chi connectivity index (χ0n) is 8.07. The summed E-state index contributed by atoms with van der Waals surface area (Å²) in [4.78, 5) is 10.3. The SMILES string of the molecule is CCc1cc(OC(=O)O)c(O)cc1C. The molecule has 1 rings (SSSR count). The number of phenolic OH excluding ortho intramolecular Hbond substituents is 1. The molecule has 0 aliphatic carbocycles. The van der Waals surface area contributed by atoms with E-state index in [-0.39, 0.29) is 11.5 Å². The quantitative estimate of drug-likeness (QED) is 0.562. The first-order valence-electron chi connectivity index (χ1n) is 4.27. The smallest absolute Gasteiger partial charge is 0.504 e. The fourth-order valence-electron chi connectivity index (χ4n) is 1.27. The van der Waals surface area contributed by atoms with E-state index < -0.39 is 6.16 Å². The molecule has 14 heavy (non-hydrogen) atoms. The molecule has 1 aromatic carbocycles. The Morgan fingerprint density at radius 1 is 1.50 bits per heavy atom. The van der Waals surface area contributed by atoms with Gasteiger partial charge in [0.1, 0.15) is 0 Å². The van der Waals surface area contributed by atoms with Gasteiger partial charge in [-0.15, -0.1) is 0 Å². The van der Waals surface area contributed by atoms with Crippen molar-refractivity contribution in [1.82, 2.24) is 0 Å². The Morgan fingerprint density at radius 2 is 2.14 bits per heavy atom. The van der Waals surface area contributed by atoms with Crippen LogP contribution >= 0.6 is 0 Å². The second-order valence-corrected chi connectivity index (χ2v) is 2.97. The number of aryl methyl sites for hydroxylation is 2. The van der Waals surface area contributed by atoms with E-state index in [9.17, 15) is 9.90 Å². The molecular weight excluding hydrogens is 184 g/mol. The number of rotatable bonds is 2. The lowest BCUT2D eigenvalue weighted by Gasteiger charge is -2.08. The van der Waals surface area contributed by atoms with Gasteiger partial charge < -0.3 is 14.9 Å². The number of carboxylic acid groups (broad SMARTS) is 1. The van der Waals surface area contributed by atoms with Gasteiger partial charge in [-0.3, -0.25) is 0 Å². The van der Waals surface area contributed by atoms with E-state index in [0.29, 0.717) is 0 Å². The highest BCUT2D eigenvalue weighted by Crippen LogP contribution is 2.29. The van der Waals surface area contributed by atoms with Gasteiger partial charge in [-0.2, -0.15) is 0 Å². The van der Waals surface area contributed by atoms with Crippen LogP contribution < -0.4 is 4.74 Å². The Labute approximate surface area is 81.8 Å². The van der Waals surface area contributed by atoms with Gasteiger partial charge in [-0.25, -0.2) is 4.79 Å². The first-order valence-corrected chi connectivity index (χ1v) is 4.27. The first kappa shape index (κ1) is 10.4. The topological polar surface area (TPSA) is 66.8 Å². The average molecular weight is 196 g/mol. The minimum Gasteiger partial charge on any atom is -0.504 e. The van der Waals surface area contributed by atoms with Crippen molar-refractivity contribution < 1.29 is 19.7 Å². The number of ether oxygens (including phenoxy) is 1. The summed E-state index contributed by atoms with van der Waals surface area (Å²) in [6, 6.07) is 3.04. The van der Waals surface area contributed by atoms with E-state index in [1.165, 1.54) is 6.07 Å². The van der Waals surface area contributed by atoms with Crippen LogP contribution in [0.2, 0.25) is 0 Å². The Kier molecular flexibility index (Phi) is 2.96. The van der Waals surface area contributed by atoms with Gasteiger partial charge in [0.15, 0.2) is 11.5 Å². The van der Waals surface area contributed by atoms with Crippen molar-refractivity contribution in [3.8, 4) is 11.5 Å². The molecule has 0 aliphatic rings. The van der Waals surface area contributed by atoms with Crippen molar-refractivity contribution in [2.45, 2.75) is 20.3 Å². The van der Waals surface area contributed by atoms with E-state index in [1.54, 1.807) is 6.07 Å². The zero-order chi connectivity index (χ0) is 10.7. The summed E-state index contributed by atoms with van der Waals surface area (Å²) in [5, 5.41) is 17.8. The summed E-state index contributed by atoms with van der Waals surface area (Å²) in [6.07, 6.45) is -0.659. The molecule has 0 saturated carbocycles. The molecule has 0 unspecified atom stereocenters. The summed E-state index contributed by atoms with van der Waals surface area (Å²) in [5.41, 5.74) is 1.88. The monoisotopic (exact) mass is 196 g/mol. The van der Waals surface area contributed by atoms with Crippen molar-refractivity contribution in [3.63, 3.8) is 0 Å². The second kappa shape index (κ2) is 4.00. The minimum atomic E-state index is -1.42. The number of hydrogen-bond acceptors (Lipinski definition) is 3. The molecule has 0 saturated heterocycles. The maximum atomic E-state index is 10.3. The van der Waals surface area contributed by atoms with E-state index >= 15 is 0 Å². The molecular formula is C10H12O4. The maximum absolute atomic E-state index is 10.3. The zero-order valence-corrected chi connectivity index (χ0v) is 8.07. The van der Waals surface area contributed by atoms with Crippen LogP contribution in [0.25, 0.3) is 0 Å². The Balaban J connectivity index is 3.10. The molecule has 0 amide bonds. The molecule has 0 bridgehead atoms. The number of carbonyl (C=O) groups is 1. The molecule has 0 radical (unpaired) electrons. The van der Waals surface area contributed by atoms with Crippen LogP contribution in [0.3, 0.4) is 0 Å². The van der Waals surface area contributed by atoms with Crippen LogP contribution in [-0.2, 0) is 6.42 Å². The van der Waals surface area contributed by atoms with Crippen LogP contribution in [0, 0.1) is 6.92 Å². The van der Waals surface area contributed by atoms with Gasteiger partial charge in [-0.05, 0) is 36.6 Å². The van der Waals surface area contributed by atoms with Crippen LogP contribution in [0.5, 0.6) is 11.5 Å². The molecule has 4 heteroatoms. The first-order chi connectivity index (χ1) is 6.54. The number of phenols is 1. The molecule has 1 aromatic rings. The van der Waals surface area contributed by atoms with Gasteiger partial charge in [0.25, 0.3) is 0 Å². The highest BCUT2D eigenvalue weighted by molar-refractivity contribution is 5.63. The van der Waals surface area contributed by atoms with Gasteiger partial charge in [0.05, 0.1) is 0 Å². The Morgan fingerprint density at radius 3 is 2.64 bits per heavy atom. The summed E-state index contributed by atoms with van der Waals surface area (Å²) in [6.45, 7) is 3.80. The Hall–Kier alpha value is -1.71. The van der Waals surface area contributed by atoms with Crippen LogP contribution in [0.1, 0.15) is 18.1 Å². The average Bonchev–Trinajstić information content (AvgIpc) is 2.09. The highest BCUT2D eigenvalue weighted by atomic mass is 16.7. The van der Waals surface area contributed by atoms with Crippen molar-refractivity contribution in [2.75, 3.05) is 0 Å². The largest absolute Gasteiger partial charge is 0.511 e. The summed E-state index contributed by atoms with van der Waals surface area (Å²) in [7, 11) is 0. The lowest BCUT2D eigenvalue weighted by molar-refractivity contribution is 0.143. The number of hydrogen-bond donors (Lipinski definition) is 2. The van der Waals surface area contributed by atoms with Crippen molar-refractivity contribution in [2.24, 2.45) is 0 Å². The predicted octanol–water partition coefficient (Wildman–Crippen LogP) is 2.32. The van der Waals surface area contributed by atoms with Gasteiger partial charge in [-0.1, -0.05) is 6.92 Å². The molecule has 0 fully saturated rings. The lowest BCUT2D eigenvalue weighted by atomic mass is 10.1. The standard InChI is InChI=1S/C10H12O4/c1-3-7-5-9(14-10(12)13)8(11)4-6(7)2/h4-5,11H,3H2,1-2H3,(H,12,13). The van der Waals surface area contributed by atoms with Gasteiger partial charge in [0, 0.05) is 0 Å². The fraction of sp³-hybridized carbons (Fsp3) is 0.300. The highest BCUT2D eigenvalue weighted by Gasteiger charge is 2.09. The van der Waals surface area contributed by atoms with Crippen LogP contribution in [0.15, 0.2) is 12.1 Å². The molecule has 76 valence electrons. The van der Waals surface area contributed by atoms with E-state index in [4.69, 9.17) is 5.11 Å². The summed E-state index contributed by atoms with van der Waals surface area (Å²) < 4.78 is 4.41. The minimum absolute atomic E-state index is 0.0139. The summed E-state index contributed by atoms with van der Waals surface area (Å²) in [5.74, 6) is -0.165. The normalized spacial score (nSPS) is 9.86. The number of benzene rings is 1. The van der Waals surface area contributed by atoms with Gasteiger partial charge in [0.2, 0.25) is 0 Å². The molecule has 4 nitrogen and oxygen atoms in total. The van der Waals surface area contributed by atoms with Crippen molar-refractivity contribution >= 4 is 6.16 Å². The van der Waals surface area contributed by atoms with Crippen molar-refractivity contribution in [3.05, 3.63) is 23.3 Å². The van der Waals surface area contributed by atoms with Crippen LogP contribution in [0.4, 0.5) is 4.79 Å². The van der Waals surface area contributed by atoms with E-state index in [1.807, 2.05) is 13.8 Å². The van der Waals surface area contributed by atoms with Crippen molar-refractivity contribution in [1.29, 1.82) is 0 Å². The summed E-state index contributed by atoms with van der Waals surface area (Å²) >= 11 is 0. The Bertz CT molecular complexity index is 357. The molecule has 2 N–H and O–H groups in total. The molecule has 0 heterocycles. The maximum Gasteiger partial charge on any atom is 0.511 e. The third-order valence-electron chi connectivity index (χ3n) is 2.00. The second-order valence-electron chi connectivity index (χ2n) is 2.97. The fourth-order valence-corrected chi connectivity index (χ4v) is 1.27. The van der Waals surface area contributed by atoms with Crippen LogP contribution in [-0.4, -0.2) is 16.4 Å². The molecule has 0 aromatic heterocycles. The van der Waals surface area contributed by atoms with E-state index in [0.717, 1.165) is 17.5 Å². The molecule has 0 atom stereocenters. The van der Waals surface area contributed by atoms with E-state index in [2.05, 4.69) is 4.74 Å². The molecule has 0 aliphatic heterocycles. The third kappa shape index (κ3) is 2.16. The third-order valence-corrected chi connectivity index (χ3v) is 2.00. The molecule has 0 spiro atoms. The number of aromatic hydroxyl groups is 1. The van der Waals surface area contributed by atoms with Gasteiger partial charge >= 0.3 is 6.16 Å². The lowest BCUT2D eigenvalue weighted by Crippen LogP contribution is -2.04. The predicted molar refractivity (Wildman–Crippen MR) is 50.9 cm³/mol.